The summed E-state index contributed by atoms with van der Waals surface area (Å²) in [6.07, 6.45) is 17.7. The molecule has 0 radical (unpaired) electrons. The number of unbranched alkanes of at least 4 members (excludes halogenated alkanes) is 10. The minimum absolute atomic E-state index is 0.138. The molecule has 0 atom stereocenters. The van der Waals surface area contributed by atoms with Crippen LogP contribution in [0.1, 0.15) is 137 Å². The zero-order valence-electron chi connectivity index (χ0n) is 47.8. The van der Waals surface area contributed by atoms with Gasteiger partial charge in [-0.15, -0.1) is 0 Å². The van der Waals surface area contributed by atoms with Crippen molar-refractivity contribution in [3.63, 3.8) is 0 Å². The summed E-state index contributed by atoms with van der Waals surface area (Å²) in [7, 11) is 0. The molecule has 0 saturated heterocycles. The average Bonchev–Trinajstić information content (AvgIpc) is 3.84. The lowest BCUT2D eigenvalue weighted by Gasteiger charge is -2.35. The fraction of sp³-hybridized carbons (Fsp3) is 0.273. The molecule has 1 aliphatic rings. The maximum Gasteiger partial charge on any atom is 0.0465 e. The third-order valence-electron chi connectivity index (χ3n) is 18.0. The Kier molecular flexibility index (Phi) is 14.9. The van der Waals surface area contributed by atoms with Gasteiger partial charge in [-0.05, 0) is 195 Å². The Balaban J connectivity index is 0.983. The molecule has 0 bridgehead atoms. The Morgan fingerprint density at radius 2 is 0.658 bits per heavy atom. The highest BCUT2D eigenvalue weighted by atomic mass is 15.1. The Labute approximate surface area is 471 Å². The third kappa shape index (κ3) is 9.87. The summed E-state index contributed by atoms with van der Waals surface area (Å²) in [5.41, 5.74) is 20.4. The Bertz CT molecular complexity index is 3820. The number of hydrogen-bond donors (Lipinski definition) is 0. The predicted molar refractivity (Wildman–Crippen MR) is 344 cm³/mol. The summed E-state index contributed by atoms with van der Waals surface area (Å²) in [6, 6.07) is 75.0. The van der Waals surface area contributed by atoms with Crippen molar-refractivity contribution >= 4 is 77.2 Å². The lowest BCUT2D eigenvalue weighted by molar-refractivity contribution is 0.398. The summed E-state index contributed by atoms with van der Waals surface area (Å²) in [5.74, 6) is 0. The molecule has 12 rings (SSSR count). The van der Waals surface area contributed by atoms with Crippen LogP contribution in [0.15, 0.2) is 194 Å². The van der Waals surface area contributed by atoms with Gasteiger partial charge in [0.15, 0.2) is 0 Å². The van der Waals surface area contributed by atoms with Gasteiger partial charge in [0.2, 0.25) is 0 Å². The summed E-state index contributed by atoms with van der Waals surface area (Å²) in [6.45, 7) is 13.5. The van der Waals surface area contributed by atoms with Gasteiger partial charge in [-0.2, -0.15) is 0 Å². The molecule has 0 aliphatic heterocycles. The normalized spacial score (nSPS) is 12.7. The van der Waals surface area contributed by atoms with Crippen LogP contribution in [0.5, 0.6) is 0 Å². The van der Waals surface area contributed by atoms with E-state index in [9.17, 15) is 0 Å². The Morgan fingerprint density at radius 1 is 0.304 bits per heavy atom. The number of rotatable bonds is 21. The molecular weight excluding hydrogens is 953 g/mol. The van der Waals surface area contributed by atoms with Crippen molar-refractivity contribution in [2.75, 3.05) is 9.80 Å². The third-order valence-corrected chi connectivity index (χ3v) is 18.0. The van der Waals surface area contributed by atoms with Crippen molar-refractivity contribution in [3.05, 3.63) is 228 Å². The molecule has 0 fully saturated rings. The van der Waals surface area contributed by atoms with Gasteiger partial charge < -0.3 is 9.80 Å². The first-order chi connectivity index (χ1) is 38.7. The number of nitrogens with zero attached hydrogens (tertiary/aromatic N) is 2. The van der Waals surface area contributed by atoms with E-state index in [4.69, 9.17) is 0 Å². The van der Waals surface area contributed by atoms with E-state index in [0.717, 1.165) is 18.5 Å². The summed E-state index contributed by atoms with van der Waals surface area (Å²) in [4.78, 5) is 5.01. The zero-order chi connectivity index (χ0) is 54.0. The molecule has 0 aromatic heterocycles. The van der Waals surface area contributed by atoms with Gasteiger partial charge in [-0.25, -0.2) is 0 Å². The number of fused-ring (bicyclic) bond motifs is 5. The number of aryl methyl sites for hydroxylation is 4. The Hall–Kier alpha value is -7.68. The van der Waals surface area contributed by atoms with E-state index in [2.05, 4.69) is 245 Å². The van der Waals surface area contributed by atoms with Crippen LogP contribution in [0.25, 0.3) is 65.3 Å². The molecule has 396 valence electrons. The van der Waals surface area contributed by atoms with Gasteiger partial charge in [0.05, 0.1) is 0 Å². The van der Waals surface area contributed by atoms with E-state index in [1.54, 1.807) is 0 Å². The van der Waals surface area contributed by atoms with Gasteiger partial charge in [0.25, 0.3) is 0 Å². The molecule has 79 heavy (non-hydrogen) atoms. The summed E-state index contributed by atoms with van der Waals surface area (Å²) < 4.78 is 0. The molecule has 2 nitrogen and oxygen atoms in total. The van der Waals surface area contributed by atoms with Gasteiger partial charge >= 0.3 is 0 Å². The van der Waals surface area contributed by atoms with Crippen molar-refractivity contribution in [3.8, 4) is 22.3 Å². The molecule has 11 aromatic rings. The standard InChI is InChI=1S/C77H78N2/c1-7-9-11-13-15-17-49-77(50-18-16-14-12-10-8-2)73-51-62(78(58-34-25-53(3)26-35-58)59-36-27-54(4)28-37-59)42-45-66(73)67-46-43-63(52-74(67)77)79(60-38-29-55(5)30-39-60)61-40-32-57(33-41-61)65-47-48-72-71-44-31-56(6)64-21-19-23-69(75(64)71)70-24-20-22-68(65)76(70)72/h19-48,51-52H,7-18,49-50H2,1-6H3. The summed E-state index contributed by atoms with van der Waals surface area (Å²) >= 11 is 0. The van der Waals surface area contributed by atoms with Crippen molar-refractivity contribution in [1.29, 1.82) is 0 Å². The highest BCUT2D eigenvalue weighted by Gasteiger charge is 2.43. The molecule has 2 heteroatoms. The molecule has 0 unspecified atom stereocenters. The number of hydrogen-bond acceptors (Lipinski definition) is 2. The highest BCUT2D eigenvalue weighted by Crippen LogP contribution is 2.57. The largest absolute Gasteiger partial charge is 0.310 e. The van der Waals surface area contributed by atoms with E-state index in [1.165, 1.54) is 204 Å². The first kappa shape index (κ1) is 52.0. The van der Waals surface area contributed by atoms with Crippen molar-refractivity contribution in [2.45, 2.75) is 137 Å². The molecule has 0 spiro atoms. The summed E-state index contributed by atoms with van der Waals surface area (Å²) in [5, 5.41) is 10.7. The zero-order valence-corrected chi connectivity index (χ0v) is 47.8. The van der Waals surface area contributed by atoms with Crippen LogP contribution in [0.2, 0.25) is 0 Å². The average molecular weight is 1030 g/mol. The van der Waals surface area contributed by atoms with Crippen LogP contribution in [-0.4, -0.2) is 0 Å². The second kappa shape index (κ2) is 22.6. The van der Waals surface area contributed by atoms with Crippen LogP contribution >= 0.6 is 0 Å². The molecule has 11 aromatic carbocycles. The van der Waals surface area contributed by atoms with E-state index in [0.29, 0.717) is 0 Å². The van der Waals surface area contributed by atoms with Gasteiger partial charge in [-0.1, -0.05) is 229 Å². The van der Waals surface area contributed by atoms with Crippen LogP contribution in [-0.2, 0) is 5.41 Å². The van der Waals surface area contributed by atoms with Crippen molar-refractivity contribution < 1.29 is 0 Å². The van der Waals surface area contributed by atoms with Crippen LogP contribution in [0.4, 0.5) is 34.1 Å². The molecule has 0 saturated carbocycles. The second-order valence-electron chi connectivity index (χ2n) is 23.3. The first-order valence-electron chi connectivity index (χ1n) is 30.0. The number of benzene rings is 11. The van der Waals surface area contributed by atoms with E-state index < -0.39 is 0 Å². The minimum Gasteiger partial charge on any atom is -0.310 e. The predicted octanol–water partition coefficient (Wildman–Crippen LogP) is 23.3. The van der Waals surface area contributed by atoms with Crippen LogP contribution in [0.3, 0.4) is 0 Å². The maximum absolute atomic E-state index is 2.63. The van der Waals surface area contributed by atoms with E-state index >= 15 is 0 Å². The second-order valence-corrected chi connectivity index (χ2v) is 23.3. The fourth-order valence-corrected chi connectivity index (χ4v) is 13.7. The van der Waals surface area contributed by atoms with Crippen LogP contribution < -0.4 is 9.80 Å². The smallest absolute Gasteiger partial charge is 0.0465 e. The van der Waals surface area contributed by atoms with Gasteiger partial charge in [0, 0.05) is 39.5 Å². The molecule has 0 N–H and O–H groups in total. The monoisotopic (exact) mass is 1030 g/mol. The molecule has 0 amide bonds. The lowest BCUT2D eigenvalue weighted by atomic mass is 9.70. The molecular formula is C77H78N2. The highest BCUT2D eigenvalue weighted by molar-refractivity contribution is 6.34. The first-order valence-corrected chi connectivity index (χ1v) is 30.0. The maximum atomic E-state index is 2.63. The van der Waals surface area contributed by atoms with Crippen molar-refractivity contribution in [1.82, 2.24) is 0 Å². The van der Waals surface area contributed by atoms with Gasteiger partial charge in [0.1, 0.15) is 0 Å². The Morgan fingerprint density at radius 3 is 1.13 bits per heavy atom. The molecule has 1 aliphatic carbocycles. The van der Waals surface area contributed by atoms with Gasteiger partial charge in [-0.3, -0.25) is 0 Å². The van der Waals surface area contributed by atoms with E-state index in [1.807, 2.05) is 0 Å². The van der Waals surface area contributed by atoms with Crippen molar-refractivity contribution in [2.24, 2.45) is 0 Å². The number of anilines is 6. The minimum atomic E-state index is -0.138. The fourth-order valence-electron chi connectivity index (χ4n) is 13.7. The van der Waals surface area contributed by atoms with E-state index in [-0.39, 0.29) is 5.41 Å². The molecule has 0 heterocycles. The SMILES string of the molecule is CCCCCCCCC1(CCCCCCCC)c2cc(N(c3ccc(C)cc3)c3ccc(C)cc3)ccc2-c2ccc(N(c3ccc(C)cc3)c3ccc(-c4ccc5c6ccc(C)c7cccc(c8cccc4c85)c76)cc3)cc21. The quantitative estimate of drug-likeness (QED) is 0.0402. The lowest BCUT2D eigenvalue weighted by Crippen LogP contribution is -2.26. The van der Waals surface area contributed by atoms with Crippen LogP contribution in [0, 0.1) is 27.7 Å². The topological polar surface area (TPSA) is 6.48 Å².